The molecule has 1 aliphatic heterocycles. The second-order valence-electron chi connectivity index (χ2n) is 6.59. The number of amides is 2. The van der Waals surface area contributed by atoms with E-state index in [4.69, 9.17) is 0 Å². The zero-order valence-electron chi connectivity index (χ0n) is 12.7. The number of hydrogen-bond donors (Lipinski definition) is 1. The monoisotopic (exact) mass is 286 g/mol. The summed E-state index contributed by atoms with van der Waals surface area (Å²) in [5.74, 6) is 0.00444. The molecule has 2 aliphatic rings. The number of nitrogens with zero attached hydrogens (tertiary/aromatic N) is 1. The van der Waals surface area contributed by atoms with E-state index in [0.29, 0.717) is 13.0 Å². The van der Waals surface area contributed by atoms with E-state index < -0.39 is 5.54 Å². The fourth-order valence-corrected chi connectivity index (χ4v) is 3.44. The second-order valence-corrected chi connectivity index (χ2v) is 6.59. The van der Waals surface area contributed by atoms with E-state index in [1.54, 1.807) is 13.8 Å². The Morgan fingerprint density at radius 1 is 1.14 bits per heavy atom. The lowest BCUT2D eigenvalue weighted by atomic mass is 9.87. The highest BCUT2D eigenvalue weighted by molar-refractivity contribution is 5.93. The number of aryl methyl sites for hydroxylation is 1. The molecule has 0 bridgehead atoms. The number of nitrogens with one attached hydrogen (secondary N) is 1. The van der Waals surface area contributed by atoms with E-state index in [1.165, 1.54) is 11.1 Å². The first-order valence-electron chi connectivity index (χ1n) is 7.66. The van der Waals surface area contributed by atoms with Crippen molar-refractivity contribution in [3.05, 3.63) is 35.4 Å². The molecular formula is C17H22N2O2. The van der Waals surface area contributed by atoms with Crippen LogP contribution in [-0.4, -0.2) is 34.8 Å². The Morgan fingerprint density at radius 2 is 1.86 bits per heavy atom. The van der Waals surface area contributed by atoms with E-state index in [2.05, 4.69) is 29.6 Å². The summed E-state index contributed by atoms with van der Waals surface area (Å²) in [6.07, 6.45) is 3.28. The summed E-state index contributed by atoms with van der Waals surface area (Å²) in [5.41, 5.74) is 1.93. The molecule has 0 radical (unpaired) electrons. The number of carbonyl (C=O) groups excluding carboxylic acids is 2. The molecule has 4 nitrogen and oxygen atoms in total. The van der Waals surface area contributed by atoms with Gasteiger partial charge in [0.15, 0.2) is 0 Å². The van der Waals surface area contributed by atoms with Crippen LogP contribution < -0.4 is 5.32 Å². The van der Waals surface area contributed by atoms with E-state index in [-0.39, 0.29) is 17.9 Å². The molecule has 1 aliphatic carbocycles. The molecule has 0 aromatic heterocycles. The Labute approximate surface area is 125 Å². The van der Waals surface area contributed by atoms with E-state index in [0.717, 1.165) is 19.3 Å². The van der Waals surface area contributed by atoms with Gasteiger partial charge in [-0.1, -0.05) is 24.3 Å². The largest absolute Gasteiger partial charge is 0.342 e. The molecule has 1 saturated heterocycles. The van der Waals surface area contributed by atoms with Crippen molar-refractivity contribution >= 4 is 11.8 Å². The van der Waals surface area contributed by atoms with Gasteiger partial charge in [-0.25, -0.2) is 0 Å². The van der Waals surface area contributed by atoms with Gasteiger partial charge in [0.1, 0.15) is 5.54 Å². The maximum absolute atomic E-state index is 12.7. The fourth-order valence-electron chi connectivity index (χ4n) is 3.44. The predicted molar refractivity (Wildman–Crippen MR) is 80.8 cm³/mol. The van der Waals surface area contributed by atoms with Crippen LogP contribution in [0.2, 0.25) is 0 Å². The normalized spacial score (nSPS) is 25.0. The Morgan fingerprint density at radius 3 is 2.62 bits per heavy atom. The molecule has 4 heteroatoms. The molecule has 3 rings (SSSR count). The Balaban J connectivity index is 1.83. The van der Waals surface area contributed by atoms with Crippen LogP contribution in [0.4, 0.5) is 0 Å². The highest BCUT2D eigenvalue weighted by atomic mass is 16.2. The maximum atomic E-state index is 12.7. The zero-order valence-corrected chi connectivity index (χ0v) is 12.7. The van der Waals surface area contributed by atoms with Gasteiger partial charge in [-0.15, -0.1) is 0 Å². The quantitative estimate of drug-likeness (QED) is 0.854. The highest BCUT2D eigenvalue weighted by Crippen LogP contribution is 2.27. The third-order valence-corrected chi connectivity index (χ3v) is 4.59. The summed E-state index contributed by atoms with van der Waals surface area (Å²) < 4.78 is 0. The number of hydrogen-bond acceptors (Lipinski definition) is 2. The standard InChI is InChI=1S/C17H22N2O2/c1-17(2)16(21)19(10-9-15(20)18-17)14-8-7-12-5-3-4-6-13(12)11-14/h3-6,14H,7-11H2,1-2H3,(H,18,20). The number of carbonyl (C=O) groups is 2. The summed E-state index contributed by atoms with van der Waals surface area (Å²) in [7, 11) is 0. The first-order valence-corrected chi connectivity index (χ1v) is 7.66. The summed E-state index contributed by atoms with van der Waals surface area (Å²) in [5, 5.41) is 2.83. The predicted octanol–water partition coefficient (Wildman–Crippen LogP) is 1.67. The van der Waals surface area contributed by atoms with Gasteiger partial charge in [0.2, 0.25) is 11.8 Å². The molecule has 1 N–H and O–H groups in total. The van der Waals surface area contributed by atoms with Crippen LogP contribution in [0.1, 0.15) is 37.8 Å². The maximum Gasteiger partial charge on any atom is 0.248 e. The van der Waals surface area contributed by atoms with Gasteiger partial charge >= 0.3 is 0 Å². The van der Waals surface area contributed by atoms with Crippen LogP contribution in [0.15, 0.2) is 24.3 Å². The Kier molecular flexibility index (Phi) is 3.47. The number of benzene rings is 1. The highest BCUT2D eigenvalue weighted by Gasteiger charge is 2.39. The minimum absolute atomic E-state index is 0.0351. The van der Waals surface area contributed by atoms with Crippen LogP contribution in [0.5, 0.6) is 0 Å². The molecule has 2 amide bonds. The number of fused-ring (bicyclic) bond motifs is 1. The van der Waals surface area contributed by atoms with Crippen LogP contribution >= 0.6 is 0 Å². The minimum Gasteiger partial charge on any atom is -0.342 e. The van der Waals surface area contributed by atoms with Crippen LogP contribution in [-0.2, 0) is 22.4 Å². The van der Waals surface area contributed by atoms with Gasteiger partial charge in [-0.3, -0.25) is 9.59 Å². The second kappa shape index (κ2) is 5.17. The molecule has 1 heterocycles. The molecule has 112 valence electrons. The van der Waals surface area contributed by atoms with Crippen molar-refractivity contribution in [2.75, 3.05) is 6.54 Å². The molecule has 21 heavy (non-hydrogen) atoms. The minimum atomic E-state index is -0.801. The van der Waals surface area contributed by atoms with Gasteiger partial charge in [0.05, 0.1) is 0 Å². The molecule has 1 aromatic rings. The SMILES string of the molecule is CC1(C)NC(=O)CCN(C2CCc3ccccc3C2)C1=O. The van der Waals surface area contributed by atoms with E-state index in [9.17, 15) is 9.59 Å². The van der Waals surface area contributed by atoms with Gasteiger partial charge in [-0.05, 0) is 44.2 Å². The Hall–Kier alpha value is -1.84. The molecule has 1 aromatic carbocycles. The first-order chi connectivity index (χ1) is 9.97. The molecule has 1 unspecified atom stereocenters. The van der Waals surface area contributed by atoms with Crippen molar-refractivity contribution < 1.29 is 9.59 Å². The molecule has 1 fully saturated rings. The third-order valence-electron chi connectivity index (χ3n) is 4.59. The summed E-state index contributed by atoms with van der Waals surface area (Å²) in [6, 6.07) is 8.66. The third kappa shape index (κ3) is 2.67. The van der Waals surface area contributed by atoms with Crippen molar-refractivity contribution in [3.63, 3.8) is 0 Å². The van der Waals surface area contributed by atoms with Crippen molar-refractivity contribution in [2.24, 2.45) is 0 Å². The van der Waals surface area contributed by atoms with Crippen molar-refractivity contribution in [3.8, 4) is 0 Å². The van der Waals surface area contributed by atoms with Gasteiger partial charge in [-0.2, -0.15) is 0 Å². The lowest BCUT2D eigenvalue weighted by Crippen LogP contribution is -2.55. The Bertz CT molecular complexity index is 580. The van der Waals surface area contributed by atoms with Crippen molar-refractivity contribution in [1.29, 1.82) is 0 Å². The molecular weight excluding hydrogens is 264 g/mol. The smallest absolute Gasteiger partial charge is 0.248 e. The van der Waals surface area contributed by atoms with Crippen molar-refractivity contribution in [1.82, 2.24) is 10.2 Å². The van der Waals surface area contributed by atoms with E-state index >= 15 is 0 Å². The fraction of sp³-hybridized carbons (Fsp3) is 0.529. The average Bonchev–Trinajstić information content (AvgIpc) is 2.55. The van der Waals surface area contributed by atoms with Crippen LogP contribution in [0.3, 0.4) is 0 Å². The summed E-state index contributed by atoms with van der Waals surface area (Å²) in [4.78, 5) is 26.4. The van der Waals surface area contributed by atoms with Gasteiger partial charge in [0, 0.05) is 19.0 Å². The van der Waals surface area contributed by atoms with E-state index in [1.807, 2.05) is 4.90 Å². The van der Waals surface area contributed by atoms with Gasteiger partial charge in [0.25, 0.3) is 0 Å². The average molecular weight is 286 g/mol. The number of rotatable bonds is 1. The summed E-state index contributed by atoms with van der Waals surface area (Å²) in [6.45, 7) is 4.12. The summed E-state index contributed by atoms with van der Waals surface area (Å²) >= 11 is 0. The molecule has 0 saturated carbocycles. The lowest BCUT2D eigenvalue weighted by molar-refractivity contribution is -0.139. The van der Waals surface area contributed by atoms with Gasteiger partial charge < -0.3 is 10.2 Å². The van der Waals surface area contributed by atoms with Crippen LogP contribution in [0, 0.1) is 0 Å². The first kappa shape index (κ1) is 14.1. The molecule has 0 spiro atoms. The lowest BCUT2D eigenvalue weighted by Gasteiger charge is -2.37. The van der Waals surface area contributed by atoms with Crippen LogP contribution in [0.25, 0.3) is 0 Å². The zero-order chi connectivity index (χ0) is 15.0. The molecule has 1 atom stereocenters. The van der Waals surface area contributed by atoms with Crippen molar-refractivity contribution in [2.45, 2.75) is 51.1 Å². The topological polar surface area (TPSA) is 49.4 Å².